The Labute approximate surface area is 139 Å². The highest BCUT2D eigenvalue weighted by atomic mass is 35.5. The van der Waals surface area contributed by atoms with Crippen molar-refractivity contribution in [1.82, 2.24) is 9.55 Å². The molecule has 0 fully saturated rings. The van der Waals surface area contributed by atoms with Crippen LogP contribution in [0.5, 0.6) is 0 Å². The number of aromatic nitrogens is 2. The van der Waals surface area contributed by atoms with Gasteiger partial charge in [-0.2, -0.15) is 0 Å². The van der Waals surface area contributed by atoms with Gasteiger partial charge in [0.05, 0.1) is 16.7 Å². The molecule has 0 atom stereocenters. The summed E-state index contributed by atoms with van der Waals surface area (Å²) in [5, 5.41) is 8.71. The van der Waals surface area contributed by atoms with E-state index in [-0.39, 0.29) is 27.2 Å². The van der Waals surface area contributed by atoms with Crippen LogP contribution in [-0.2, 0) is 0 Å². The molecular formula is C15H8BClF2N2O3. The number of halogens is 3. The minimum atomic E-state index is -1.21. The van der Waals surface area contributed by atoms with Gasteiger partial charge in [0.25, 0.3) is 13.1 Å². The monoisotopic (exact) mass is 348 g/mol. The van der Waals surface area contributed by atoms with E-state index in [0.717, 1.165) is 18.3 Å². The lowest BCUT2D eigenvalue weighted by Gasteiger charge is -2.13. The maximum atomic E-state index is 13.7. The van der Waals surface area contributed by atoms with Crippen molar-refractivity contribution in [1.29, 1.82) is 0 Å². The number of fused-ring (bicyclic) bond motifs is 1. The first kappa shape index (κ1) is 16.1. The highest BCUT2D eigenvalue weighted by Crippen LogP contribution is 2.22. The Morgan fingerprint density at radius 1 is 1.29 bits per heavy atom. The van der Waals surface area contributed by atoms with Crippen LogP contribution in [0.15, 0.2) is 41.5 Å². The third-order valence-electron chi connectivity index (χ3n) is 3.42. The van der Waals surface area contributed by atoms with Crippen LogP contribution in [0.4, 0.5) is 13.6 Å². The summed E-state index contributed by atoms with van der Waals surface area (Å²) in [7, 11) is -0.541. The van der Waals surface area contributed by atoms with E-state index in [4.69, 9.17) is 16.7 Å². The first-order valence-electron chi connectivity index (χ1n) is 6.74. The third-order valence-corrected chi connectivity index (χ3v) is 3.71. The summed E-state index contributed by atoms with van der Waals surface area (Å²) in [5.74, 6) is -2.33. The maximum absolute atomic E-state index is 13.7. The second kappa shape index (κ2) is 6.05. The van der Waals surface area contributed by atoms with E-state index >= 15 is 0 Å². The van der Waals surface area contributed by atoms with E-state index in [2.05, 4.69) is 4.98 Å². The predicted octanol–water partition coefficient (Wildman–Crippen LogP) is 2.06. The summed E-state index contributed by atoms with van der Waals surface area (Å²) in [5.41, 5.74) is -0.427. The summed E-state index contributed by atoms with van der Waals surface area (Å²) in [6.45, 7) is 0. The number of benzene rings is 1. The molecule has 5 nitrogen and oxygen atoms in total. The zero-order valence-corrected chi connectivity index (χ0v) is 12.7. The van der Waals surface area contributed by atoms with E-state index in [1.165, 1.54) is 22.9 Å². The molecule has 2 aromatic heterocycles. The van der Waals surface area contributed by atoms with Gasteiger partial charge in [-0.05, 0) is 29.7 Å². The van der Waals surface area contributed by atoms with Crippen LogP contribution in [0.25, 0.3) is 16.7 Å². The Kier molecular flexibility index (Phi) is 4.07. The summed E-state index contributed by atoms with van der Waals surface area (Å²) in [6, 6.07) is 4.70. The topological polar surface area (TPSA) is 72.2 Å². The number of nitrogens with zero attached hydrogens (tertiary/aromatic N) is 2. The van der Waals surface area contributed by atoms with Crippen molar-refractivity contribution in [2.75, 3.05) is 0 Å². The number of hydrogen-bond donors (Lipinski definition) is 1. The van der Waals surface area contributed by atoms with Crippen LogP contribution < -0.4 is 10.9 Å². The zero-order valence-electron chi connectivity index (χ0n) is 12.0. The Hall–Kier alpha value is -2.74. The highest BCUT2D eigenvalue weighted by Gasteiger charge is 2.17. The molecule has 3 aromatic rings. The maximum Gasteiger partial charge on any atom is 0.299 e. The first-order valence-corrected chi connectivity index (χ1v) is 7.11. The Balaban J connectivity index is 2.39. The summed E-state index contributed by atoms with van der Waals surface area (Å²) < 4.78 is 28.2. The lowest BCUT2D eigenvalue weighted by atomic mass is 9.71. The van der Waals surface area contributed by atoms with E-state index in [1.807, 2.05) is 0 Å². The molecule has 1 aromatic carbocycles. The zero-order chi connectivity index (χ0) is 17.4. The summed E-state index contributed by atoms with van der Waals surface area (Å²) in [4.78, 5) is 27.3. The van der Waals surface area contributed by atoms with Gasteiger partial charge >= 0.3 is 0 Å². The van der Waals surface area contributed by atoms with Crippen molar-refractivity contribution in [3.8, 4) is 5.82 Å². The fraction of sp³-hybridized carbons (Fsp3) is 0. The van der Waals surface area contributed by atoms with Gasteiger partial charge in [0, 0.05) is 11.6 Å². The average Bonchev–Trinajstić information content (AvgIpc) is 2.53. The van der Waals surface area contributed by atoms with E-state index in [1.54, 1.807) is 0 Å². The molecular weight excluding hydrogens is 340 g/mol. The molecule has 0 aliphatic rings. The molecule has 0 saturated carbocycles. The predicted molar refractivity (Wildman–Crippen MR) is 87.1 cm³/mol. The molecule has 120 valence electrons. The van der Waals surface area contributed by atoms with Crippen molar-refractivity contribution < 1.29 is 18.7 Å². The Morgan fingerprint density at radius 2 is 2.04 bits per heavy atom. The van der Waals surface area contributed by atoms with Crippen LogP contribution in [0.3, 0.4) is 0 Å². The fourth-order valence-electron chi connectivity index (χ4n) is 2.36. The molecule has 0 aliphatic carbocycles. The highest BCUT2D eigenvalue weighted by molar-refractivity contribution is 6.82. The second-order valence-electron chi connectivity index (χ2n) is 5.04. The van der Waals surface area contributed by atoms with Crippen LogP contribution >= 0.6 is 11.6 Å². The fourth-order valence-corrected chi connectivity index (χ4v) is 2.52. The molecule has 0 radical (unpaired) electrons. The number of carbonyl (C=O) groups is 1. The number of pyridine rings is 2. The molecule has 0 amide bonds. The number of rotatable bonds is 3. The molecule has 3 rings (SSSR count). The Morgan fingerprint density at radius 3 is 2.67 bits per heavy atom. The largest absolute Gasteiger partial charge is 0.489 e. The van der Waals surface area contributed by atoms with Crippen LogP contribution in [0, 0.1) is 11.6 Å². The normalized spacial score (nSPS) is 10.8. The van der Waals surface area contributed by atoms with Crippen molar-refractivity contribution >= 4 is 41.1 Å². The van der Waals surface area contributed by atoms with Gasteiger partial charge in [-0.25, -0.2) is 13.8 Å². The van der Waals surface area contributed by atoms with Crippen molar-refractivity contribution in [3.05, 3.63) is 63.5 Å². The molecule has 0 spiro atoms. The minimum Gasteiger partial charge on any atom is -0.489 e. The molecule has 0 unspecified atom stereocenters. The standard InChI is InChI=1S/C15H8BClF2N2O3/c17-10-4-12-8(3-11(10)19)14(22)9(16-15(23)24)6-21(12)13-2-1-7(18)5-20-13/h1-6,16H,(H,23,24). The molecule has 2 heterocycles. The third kappa shape index (κ3) is 2.88. The van der Waals surface area contributed by atoms with Crippen LogP contribution in [-0.4, -0.2) is 27.8 Å². The van der Waals surface area contributed by atoms with E-state index in [0.29, 0.717) is 0 Å². The van der Waals surface area contributed by atoms with Crippen molar-refractivity contribution in [3.63, 3.8) is 0 Å². The lowest BCUT2D eigenvalue weighted by molar-refractivity contribution is 0.220. The van der Waals surface area contributed by atoms with E-state index in [9.17, 15) is 18.4 Å². The first-order chi connectivity index (χ1) is 11.4. The van der Waals surface area contributed by atoms with Gasteiger partial charge in [0.1, 0.15) is 17.5 Å². The molecule has 9 heteroatoms. The molecule has 0 bridgehead atoms. The van der Waals surface area contributed by atoms with Gasteiger partial charge in [0.2, 0.25) is 0 Å². The molecule has 0 aliphatic heterocycles. The lowest BCUT2D eigenvalue weighted by Crippen LogP contribution is -2.37. The quantitative estimate of drug-likeness (QED) is 0.736. The van der Waals surface area contributed by atoms with Crippen molar-refractivity contribution in [2.24, 2.45) is 0 Å². The average molecular weight is 349 g/mol. The smallest absolute Gasteiger partial charge is 0.299 e. The molecule has 0 saturated heterocycles. The van der Waals surface area contributed by atoms with E-state index < -0.39 is 30.2 Å². The van der Waals surface area contributed by atoms with Crippen LogP contribution in [0.2, 0.25) is 5.02 Å². The summed E-state index contributed by atoms with van der Waals surface area (Å²) >= 11 is 5.78. The number of carboxylic acid groups (broad SMARTS) is 1. The van der Waals surface area contributed by atoms with Gasteiger partial charge in [0.15, 0.2) is 5.43 Å². The van der Waals surface area contributed by atoms with Crippen LogP contribution in [0.1, 0.15) is 0 Å². The minimum absolute atomic E-state index is 0.0400. The van der Waals surface area contributed by atoms with Crippen molar-refractivity contribution in [2.45, 2.75) is 0 Å². The Bertz CT molecular complexity index is 1020. The second-order valence-corrected chi connectivity index (χ2v) is 5.45. The van der Waals surface area contributed by atoms with Gasteiger partial charge in [-0.3, -0.25) is 9.59 Å². The SMILES string of the molecule is O=C(O)Bc1cn(-c2ccc(F)cn2)c2cc(Cl)c(F)cc2c1=O. The van der Waals surface area contributed by atoms with Gasteiger partial charge in [-0.1, -0.05) is 11.6 Å². The number of hydrogen-bond acceptors (Lipinski definition) is 3. The summed E-state index contributed by atoms with van der Waals surface area (Å²) in [6.07, 6.45) is 2.26. The molecule has 24 heavy (non-hydrogen) atoms. The van der Waals surface area contributed by atoms with Gasteiger partial charge < -0.3 is 9.67 Å². The van der Waals surface area contributed by atoms with Gasteiger partial charge in [-0.15, -0.1) is 0 Å². The molecule has 1 N–H and O–H groups in total.